The van der Waals surface area contributed by atoms with Crippen molar-refractivity contribution in [3.8, 4) is 0 Å². The zero-order valence-corrected chi connectivity index (χ0v) is 19.9. The highest BCUT2D eigenvalue weighted by Crippen LogP contribution is 2.30. The molecule has 4 rings (SSSR count). The van der Waals surface area contributed by atoms with Gasteiger partial charge in [-0.3, -0.25) is 14.7 Å². The molecule has 166 valence electrons. The van der Waals surface area contributed by atoms with Crippen LogP contribution in [-0.2, 0) is 0 Å². The molecule has 0 atom stereocenters. The normalized spacial score (nSPS) is 14.0. The topological polar surface area (TPSA) is 93.4 Å². The first kappa shape index (κ1) is 22.2. The van der Waals surface area contributed by atoms with Crippen LogP contribution in [0.3, 0.4) is 0 Å². The lowest BCUT2D eigenvalue weighted by molar-refractivity contribution is 0.0932. The summed E-state index contributed by atoms with van der Waals surface area (Å²) in [6.45, 7) is 1.30. The maximum absolute atomic E-state index is 13.0. The van der Waals surface area contributed by atoms with Gasteiger partial charge in [0.25, 0.3) is 11.8 Å². The first-order chi connectivity index (χ1) is 15.3. The summed E-state index contributed by atoms with van der Waals surface area (Å²) in [6, 6.07) is 14.7. The fourth-order valence-electron chi connectivity index (χ4n) is 3.76. The largest absolute Gasteiger partial charge is 0.371 e. The van der Waals surface area contributed by atoms with Gasteiger partial charge in [0.2, 0.25) is 0 Å². The molecule has 10 heteroatoms. The number of carbonyl (C=O) groups is 2. The number of fused-ring (bicyclic) bond motifs is 1. The zero-order valence-electron chi connectivity index (χ0n) is 17.5. The van der Waals surface area contributed by atoms with Crippen LogP contribution in [0.1, 0.15) is 20.8 Å². The fraction of sp³-hybridized carbons (Fsp3) is 0.227. The number of rotatable bonds is 4. The maximum Gasteiger partial charge on any atom is 0.270 e. The summed E-state index contributed by atoms with van der Waals surface area (Å²) in [4.78, 5) is 29.7. The van der Waals surface area contributed by atoms with Crippen molar-refractivity contribution in [2.75, 3.05) is 42.3 Å². The summed E-state index contributed by atoms with van der Waals surface area (Å²) in [6.07, 6.45) is 0. The maximum atomic E-state index is 13.0. The van der Waals surface area contributed by atoms with E-state index in [0.717, 1.165) is 11.4 Å². The molecule has 2 amide bonds. The number of halogens is 2. The summed E-state index contributed by atoms with van der Waals surface area (Å²) in [5.41, 5.74) is 2.77. The lowest BCUT2D eigenvalue weighted by Gasteiger charge is -2.23. The van der Waals surface area contributed by atoms with E-state index in [4.69, 9.17) is 11.6 Å². The Hall–Kier alpha value is -3.04. The number of aromatic nitrogens is 2. The lowest BCUT2D eigenvalue weighted by atomic mass is 10.2. The monoisotopic (exact) mass is 516 g/mol. The molecule has 1 aliphatic heterocycles. The Morgan fingerprint density at radius 2 is 1.62 bits per heavy atom. The van der Waals surface area contributed by atoms with Gasteiger partial charge in [-0.05, 0) is 40.2 Å². The van der Waals surface area contributed by atoms with Crippen molar-refractivity contribution in [2.24, 2.45) is 0 Å². The van der Waals surface area contributed by atoms with E-state index in [0.29, 0.717) is 28.1 Å². The molecule has 0 unspecified atom stereocenters. The number of amides is 2. The number of para-hydroxylation sites is 2. The molecule has 0 saturated heterocycles. The summed E-state index contributed by atoms with van der Waals surface area (Å²) in [5.74, 6) is -0.525. The van der Waals surface area contributed by atoms with Crippen molar-refractivity contribution in [3.05, 3.63) is 69.3 Å². The second kappa shape index (κ2) is 9.22. The number of nitrogens with one attached hydrogen (secondary N) is 3. The molecule has 1 aromatic heterocycles. The van der Waals surface area contributed by atoms with Gasteiger partial charge < -0.3 is 20.4 Å². The number of anilines is 3. The Morgan fingerprint density at radius 1 is 1.03 bits per heavy atom. The van der Waals surface area contributed by atoms with Crippen LogP contribution < -0.4 is 20.4 Å². The summed E-state index contributed by atoms with van der Waals surface area (Å²) in [7, 11) is 4.01. The second-order valence-electron chi connectivity index (χ2n) is 7.62. The second-order valence-corrected chi connectivity index (χ2v) is 8.82. The van der Waals surface area contributed by atoms with Crippen molar-refractivity contribution in [1.82, 2.24) is 15.5 Å². The van der Waals surface area contributed by atoms with Crippen LogP contribution in [0.2, 0.25) is 5.02 Å². The minimum absolute atomic E-state index is 0.124. The first-order valence-electron chi connectivity index (χ1n) is 9.97. The van der Waals surface area contributed by atoms with Crippen LogP contribution in [0, 0.1) is 0 Å². The average molecular weight is 518 g/mol. The molecule has 32 heavy (non-hydrogen) atoms. The molecule has 0 spiro atoms. The number of hydrogen-bond acceptors (Lipinski definition) is 5. The van der Waals surface area contributed by atoms with E-state index < -0.39 is 5.91 Å². The third kappa shape index (κ3) is 4.44. The number of hydrogen-bond donors (Lipinski definition) is 3. The molecule has 3 aromatic rings. The predicted octanol–water partition coefficient (Wildman–Crippen LogP) is 3.76. The van der Waals surface area contributed by atoms with Crippen LogP contribution in [0.25, 0.3) is 0 Å². The highest BCUT2D eigenvalue weighted by atomic mass is 79.9. The highest BCUT2D eigenvalue weighted by molar-refractivity contribution is 9.10. The molecule has 0 bridgehead atoms. The van der Waals surface area contributed by atoms with Crippen LogP contribution in [0.15, 0.2) is 53.0 Å². The molecule has 0 fully saturated rings. The van der Waals surface area contributed by atoms with Crippen LogP contribution in [0.4, 0.5) is 17.2 Å². The average Bonchev–Trinajstić information content (AvgIpc) is 3.08. The van der Waals surface area contributed by atoms with Crippen molar-refractivity contribution in [3.63, 3.8) is 0 Å². The molecule has 8 nitrogen and oxygen atoms in total. The molecule has 2 aromatic carbocycles. The lowest BCUT2D eigenvalue weighted by Crippen LogP contribution is -2.47. The standard InChI is InChI=1S/C22H22BrClN6O2/c1-29-11-13(12-30(2)17-10-6-5-9-16(17)29)25-22(32)19-18(23)20(28-27-19)26-21(31)14-7-3-4-8-15(14)24/h3-10,13H,11-12H2,1-2H3,(H,25,32)(H2,26,27,28,31). The van der Waals surface area contributed by atoms with E-state index in [9.17, 15) is 9.59 Å². The van der Waals surface area contributed by atoms with Gasteiger partial charge in [-0.1, -0.05) is 35.9 Å². The van der Waals surface area contributed by atoms with E-state index in [1.165, 1.54) is 0 Å². The van der Waals surface area contributed by atoms with Gasteiger partial charge in [0.1, 0.15) is 5.69 Å². The Morgan fingerprint density at radius 3 is 2.25 bits per heavy atom. The molecule has 0 aliphatic carbocycles. The van der Waals surface area contributed by atoms with Crippen molar-refractivity contribution in [1.29, 1.82) is 0 Å². The molecular weight excluding hydrogens is 496 g/mol. The third-order valence-electron chi connectivity index (χ3n) is 5.31. The minimum Gasteiger partial charge on any atom is -0.371 e. The van der Waals surface area contributed by atoms with E-state index in [1.54, 1.807) is 24.3 Å². The summed E-state index contributed by atoms with van der Waals surface area (Å²) >= 11 is 9.46. The Bertz CT molecular complexity index is 1140. The quantitative estimate of drug-likeness (QED) is 0.490. The van der Waals surface area contributed by atoms with E-state index in [2.05, 4.69) is 58.7 Å². The molecule has 3 N–H and O–H groups in total. The van der Waals surface area contributed by atoms with Gasteiger partial charge in [-0.2, -0.15) is 5.10 Å². The number of nitrogens with zero attached hydrogens (tertiary/aromatic N) is 3. The third-order valence-corrected chi connectivity index (χ3v) is 6.41. The number of H-pyrrole nitrogens is 1. The van der Waals surface area contributed by atoms with Crippen molar-refractivity contribution >= 4 is 56.5 Å². The van der Waals surface area contributed by atoms with Gasteiger partial charge in [0.15, 0.2) is 5.82 Å². The van der Waals surface area contributed by atoms with Gasteiger partial charge in [0.05, 0.1) is 32.5 Å². The summed E-state index contributed by atoms with van der Waals surface area (Å²) < 4.78 is 0.369. The Balaban J connectivity index is 1.46. The zero-order chi connectivity index (χ0) is 22.8. The molecule has 1 aliphatic rings. The number of aromatic amines is 1. The number of likely N-dealkylation sites (N-methyl/N-ethyl adjacent to an activating group) is 2. The predicted molar refractivity (Wildman–Crippen MR) is 130 cm³/mol. The van der Waals surface area contributed by atoms with Crippen LogP contribution in [-0.4, -0.2) is 55.2 Å². The number of carbonyl (C=O) groups excluding carboxylic acids is 2. The fourth-order valence-corrected chi connectivity index (χ4v) is 4.43. The Kier molecular flexibility index (Phi) is 6.38. The SMILES string of the molecule is CN1CC(NC(=O)c2[nH]nc(NC(=O)c3ccccc3Cl)c2Br)CN(C)c2ccccc21. The first-order valence-corrected chi connectivity index (χ1v) is 11.1. The van der Waals surface area contributed by atoms with Crippen LogP contribution >= 0.6 is 27.5 Å². The molecular formula is C22H22BrClN6O2. The number of benzene rings is 2. The van der Waals surface area contributed by atoms with E-state index in [-0.39, 0.29) is 23.5 Å². The van der Waals surface area contributed by atoms with E-state index in [1.807, 2.05) is 26.2 Å². The van der Waals surface area contributed by atoms with Gasteiger partial charge in [-0.15, -0.1) is 0 Å². The smallest absolute Gasteiger partial charge is 0.270 e. The molecule has 2 heterocycles. The highest BCUT2D eigenvalue weighted by Gasteiger charge is 2.26. The van der Waals surface area contributed by atoms with Gasteiger partial charge >= 0.3 is 0 Å². The molecule has 0 saturated carbocycles. The van der Waals surface area contributed by atoms with E-state index >= 15 is 0 Å². The van der Waals surface area contributed by atoms with Crippen LogP contribution in [0.5, 0.6) is 0 Å². The van der Waals surface area contributed by atoms with Gasteiger partial charge in [0, 0.05) is 27.2 Å². The Labute approximate surface area is 199 Å². The van der Waals surface area contributed by atoms with Gasteiger partial charge in [-0.25, -0.2) is 0 Å². The minimum atomic E-state index is -0.417. The summed E-state index contributed by atoms with van der Waals surface area (Å²) in [5, 5.41) is 12.8. The van der Waals surface area contributed by atoms with Crippen molar-refractivity contribution < 1.29 is 9.59 Å². The van der Waals surface area contributed by atoms with Crippen molar-refractivity contribution in [2.45, 2.75) is 6.04 Å². The molecule has 0 radical (unpaired) electrons.